The van der Waals surface area contributed by atoms with Crippen molar-refractivity contribution in [1.82, 2.24) is 9.97 Å². The first-order valence-electron chi connectivity index (χ1n) is 5.98. The summed E-state index contributed by atoms with van der Waals surface area (Å²) in [5, 5.41) is 11.1. The molecular formula is C14H10FN3O2. The highest BCUT2D eigenvalue weighted by atomic mass is 19.1. The molecule has 100 valence electrons. The second-order valence-corrected chi connectivity index (χ2v) is 4.48. The summed E-state index contributed by atoms with van der Waals surface area (Å²) in [7, 11) is 0. The molecule has 5 nitrogen and oxygen atoms in total. The van der Waals surface area contributed by atoms with Crippen LogP contribution in [0.25, 0.3) is 11.0 Å². The smallest absolute Gasteiger partial charge is 0.297 e. The third-order valence-corrected chi connectivity index (χ3v) is 3.06. The zero-order valence-corrected chi connectivity index (χ0v) is 10.3. The Bertz CT molecular complexity index is 798. The van der Waals surface area contributed by atoms with E-state index in [1.165, 1.54) is 24.5 Å². The quantitative estimate of drug-likeness (QED) is 0.587. The number of aromatic nitrogens is 2. The Labute approximate surface area is 113 Å². The highest BCUT2D eigenvalue weighted by molar-refractivity contribution is 5.85. The molecule has 1 heterocycles. The minimum absolute atomic E-state index is 0.0462. The number of nitrogens with zero attached hydrogens (tertiary/aromatic N) is 2. The van der Waals surface area contributed by atoms with Crippen LogP contribution >= 0.6 is 0 Å². The summed E-state index contributed by atoms with van der Waals surface area (Å²) in [6.45, 7) is 0. The van der Waals surface area contributed by atoms with Crippen molar-refractivity contribution in [3.63, 3.8) is 0 Å². The van der Waals surface area contributed by atoms with E-state index in [9.17, 15) is 14.5 Å². The maximum atomic E-state index is 13.2. The van der Waals surface area contributed by atoms with Gasteiger partial charge in [0, 0.05) is 6.07 Å². The minimum atomic E-state index is -0.460. The number of hydrogen-bond acceptors (Lipinski definition) is 3. The molecule has 3 rings (SSSR count). The van der Waals surface area contributed by atoms with Crippen molar-refractivity contribution in [1.29, 1.82) is 0 Å². The predicted octanol–water partition coefficient (Wildman–Crippen LogP) is 3.20. The van der Waals surface area contributed by atoms with Crippen molar-refractivity contribution in [3.8, 4) is 0 Å². The highest BCUT2D eigenvalue weighted by Gasteiger charge is 2.16. The van der Waals surface area contributed by atoms with Crippen molar-refractivity contribution in [3.05, 3.63) is 69.8 Å². The third kappa shape index (κ3) is 2.23. The molecule has 0 atom stereocenters. The molecule has 1 aromatic heterocycles. The van der Waals surface area contributed by atoms with E-state index in [2.05, 4.69) is 9.97 Å². The van der Waals surface area contributed by atoms with Gasteiger partial charge in [-0.2, -0.15) is 0 Å². The molecule has 0 aliphatic rings. The Kier molecular flexibility index (Phi) is 2.90. The molecule has 0 aliphatic heterocycles. The van der Waals surface area contributed by atoms with Crippen LogP contribution in [0.5, 0.6) is 0 Å². The second kappa shape index (κ2) is 4.73. The molecule has 0 saturated heterocycles. The van der Waals surface area contributed by atoms with E-state index in [-0.39, 0.29) is 11.5 Å². The van der Waals surface area contributed by atoms with E-state index < -0.39 is 4.92 Å². The predicted molar refractivity (Wildman–Crippen MR) is 72.0 cm³/mol. The van der Waals surface area contributed by atoms with Crippen molar-refractivity contribution in [2.24, 2.45) is 0 Å². The molecule has 0 saturated carbocycles. The largest absolute Gasteiger partial charge is 0.344 e. The lowest BCUT2D eigenvalue weighted by Gasteiger charge is -2.03. The molecular weight excluding hydrogens is 261 g/mol. The van der Waals surface area contributed by atoms with Gasteiger partial charge >= 0.3 is 0 Å². The van der Waals surface area contributed by atoms with E-state index in [1.807, 2.05) is 0 Å². The number of nitro groups is 1. The molecule has 3 aromatic rings. The summed E-state index contributed by atoms with van der Waals surface area (Å²) >= 11 is 0. The summed E-state index contributed by atoms with van der Waals surface area (Å²) in [5.74, 6) is -0.320. The van der Waals surface area contributed by atoms with Gasteiger partial charge in [0.1, 0.15) is 5.82 Å². The van der Waals surface area contributed by atoms with Gasteiger partial charge in [-0.3, -0.25) is 10.1 Å². The van der Waals surface area contributed by atoms with Crippen LogP contribution in [0.1, 0.15) is 11.1 Å². The first-order chi connectivity index (χ1) is 9.63. The number of aromatic amines is 1. The van der Waals surface area contributed by atoms with Gasteiger partial charge < -0.3 is 4.98 Å². The number of nitrogens with one attached hydrogen (secondary N) is 1. The van der Waals surface area contributed by atoms with Gasteiger partial charge in [-0.25, -0.2) is 9.37 Å². The number of halogens is 1. The van der Waals surface area contributed by atoms with E-state index in [0.717, 1.165) is 11.1 Å². The summed E-state index contributed by atoms with van der Waals surface area (Å²) < 4.78 is 13.2. The number of benzene rings is 2. The van der Waals surface area contributed by atoms with Crippen LogP contribution in [-0.4, -0.2) is 14.9 Å². The monoisotopic (exact) mass is 271 g/mol. The molecule has 0 bridgehead atoms. The minimum Gasteiger partial charge on any atom is -0.344 e. The lowest BCUT2D eigenvalue weighted by atomic mass is 10.0. The molecule has 20 heavy (non-hydrogen) atoms. The van der Waals surface area contributed by atoms with Crippen LogP contribution in [0.3, 0.4) is 0 Å². The fraction of sp³-hybridized carbons (Fsp3) is 0.0714. The van der Waals surface area contributed by atoms with E-state index in [4.69, 9.17) is 0 Å². The van der Waals surface area contributed by atoms with E-state index in [1.54, 1.807) is 18.2 Å². The summed E-state index contributed by atoms with van der Waals surface area (Å²) in [5.41, 5.74) is 2.39. The molecule has 2 aromatic carbocycles. The van der Waals surface area contributed by atoms with Crippen molar-refractivity contribution >= 4 is 16.7 Å². The van der Waals surface area contributed by atoms with Gasteiger partial charge in [0.05, 0.1) is 16.8 Å². The maximum absolute atomic E-state index is 13.2. The fourth-order valence-electron chi connectivity index (χ4n) is 2.21. The number of non-ortho nitro benzene ring substituents is 1. The Morgan fingerprint density at radius 3 is 2.85 bits per heavy atom. The first kappa shape index (κ1) is 12.3. The van der Waals surface area contributed by atoms with Gasteiger partial charge in [0.2, 0.25) is 0 Å². The summed E-state index contributed by atoms with van der Waals surface area (Å²) in [4.78, 5) is 17.4. The fourth-order valence-corrected chi connectivity index (χ4v) is 2.21. The second-order valence-electron chi connectivity index (χ2n) is 4.48. The van der Waals surface area contributed by atoms with Crippen molar-refractivity contribution in [2.75, 3.05) is 0 Å². The van der Waals surface area contributed by atoms with Gasteiger partial charge in [-0.1, -0.05) is 12.1 Å². The number of nitro benzene ring substituents is 1. The molecule has 0 aliphatic carbocycles. The molecule has 0 unspecified atom stereocenters. The number of hydrogen-bond donors (Lipinski definition) is 1. The van der Waals surface area contributed by atoms with Gasteiger partial charge in [-0.05, 0) is 35.7 Å². The number of imidazole rings is 1. The highest BCUT2D eigenvalue weighted by Crippen LogP contribution is 2.26. The van der Waals surface area contributed by atoms with Crippen LogP contribution in [-0.2, 0) is 6.42 Å². The number of H-pyrrole nitrogens is 1. The van der Waals surface area contributed by atoms with Crippen LogP contribution in [0.2, 0.25) is 0 Å². The molecule has 6 heteroatoms. The molecule has 0 amide bonds. The molecule has 0 spiro atoms. The van der Waals surface area contributed by atoms with Crippen molar-refractivity contribution < 1.29 is 9.31 Å². The molecule has 0 radical (unpaired) electrons. The topological polar surface area (TPSA) is 71.8 Å². The standard InChI is InChI=1S/C14H10FN3O2/c15-11-3-1-2-9(5-11)4-10-6-12-14(17-8-16-12)13(7-10)18(19)20/h1-3,5-8H,4H2,(H,16,17). The lowest BCUT2D eigenvalue weighted by Crippen LogP contribution is -1.94. The Hall–Kier alpha value is -2.76. The third-order valence-electron chi connectivity index (χ3n) is 3.06. The SMILES string of the molecule is O=[N+]([O-])c1cc(Cc2cccc(F)c2)cc2[nH]cnc12. The summed E-state index contributed by atoms with van der Waals surface area (Å²) in [6, 6.07) is 9.46. The van der Waals surface area contributed by atoms with Crippen LogP contribution in [0, 0.1) is 15.9 Å². The maximum Gasteiger partial charge on any atom is 0.297 e. The first-order valence-corrected chi connectivity index (χ1v) is 5.98. The number of fused-ring (bicyclic) bond motifs is 1. The Morgan fingerprint density at radius 1 is 1.25 bits per heavy atom. The average Bonchev–Trinajstić information content (AvgIpc) is 2.85. The van der Waals surface area contributed by atoms with Gasteiger partial charge in [0.15, 0.2) is 5.52 Å². The zero-order chi connectivity index (χ0) is 14.1. The molecule has 1 N–H and O–H groups in total. The number of rotatable bonds is 3. The van der Waals surface area contributed by atoms with E-state index >= 15 is 0 Å². The summed E-state index contributed by atoms with van der Waals surface area (Å²) in [6.07, 6.45) is 1.84. The van der Waals surface area contributed by atoms with Crippen LogP contribution < -0.4 is 0 Å². The Balaban J connectivity index is 2.05. The van der Waals surface area contributed by atoms with Gasteiger partial charge in [0.25, 0.3) is 5.69 Å². The van der Waals surface area contributed by atoms with Crippen LogP contribution in [0.15, 0.2) is 42.7 Å². The van der Waals surface area contributed by atoms with Crippen LogP contribution in [0.4, 0.5) is 10.1 Å². The zero-order valence-electron chi connectivity index (χ0n) is 10.3. The Morgan fingerprint density at radius 2 is 2.10 bits per heavy atom. The average molecular weight is 271 g/mol. The van der Waals surface area contributed by atoms with Crippen molar-refractivity contribution in [2.45, 2.75) is 6.42 Å². The lowest BCUT2D eigenvalue weighted by molar-refractivity contribution is -0.383. The molecule has 0 fully saturated rings. The van der Waals surface area contributed by atoms with Gasteiger partial charge in [-0.15, -0.1) is 0 Å². The normalized spacial score (nSPS) is 10.8. The van der Waals surface area contributed by atoms with E-state index in [0.29, 0.717) is 17.5 Å².